The van der Waals surface area contributed by atoms with Gasteiger partial charge < -0.3 is 19.7 Å². The fourth-order valence-corrected chi connectivity index (χ4v) is 3.90. The Balaban J connectivity index is 2.11. The van der Waals surface area contributed by atoms with Crippen molar-refractivity contribution in [1.29, 1.82) is 5.26 Å². The van der Waals surface area contributed by atoms with Crippen LogP contribution >= 0.6 is 12.2 Å². The SMILES string of the molecule is CN(C(=S)N(c1ccc(F)c(C(=O)O)c1)C1(C=O)CCC1)c1cnc(C#N)c(C(F)(F)F)c1. The van der Waals surface area contributed by atoms with Crippen molar-refractivity contribution in [3.8, 4) is 6.07 Å². The van der Waals surface area contributed by atoms with E-state index in [-0.39, 0.29) is 16.5 Å². The monoisotopic (exact) mass is 480 g/mol. The number of hydrogen-bond acceptors (Lipinski definition) is 5. The number of anilines is 2. The van der Waals surface area contributed by atoms with E-state index in [0.717, 1.165) is 23.2 Å². The van der Waals surface area contributed by atoms with Gasteiger partial charge in [0.15, 0.2) is 10.8 Å². The molecule has 172 valence electrons. The molecule has 0 saturated heterocycles. The third-order valence-corrected chi connectivity index (χ3v) is 5.93. The molecule has 0 amide bonds. The van der Waals surface area contributed by atoms with Crippen LogP contribution in [0.5, 0.6) is 0 Å². The molecule has 0 bridgehead atoms. The number of aldehydes is 1. The lowest BCUT2D eigenvalue weighted by Gasteiger charge is -2.48. The van der Waals surface area contributed by atoms with E-state index in [2.05, 4.69) is 4.98 Å². The van der Waals surface area contributed by atoms with E-state index in [9.17, 15) is 32.3 Å². The number of carboxylic acid groups (broad SMARTS) is 1. The number of benzene rings is 1. The highest BCUT2D eigenvalue weighted by Crippen LogP contribution is 2.41. The maximum absolute atomic E-state index is 14.0. The Bertz CT molecular complexity index is 1180. The summed E-state index contributed by atoms with van der Waals surface area (Å²) in [5, 5.41) is 18.1. The van der Waals surface area contributed by atoms with Gasteiger partial charge in [-0.15, -0.1) is 0 Å². The Kier molecular flexibility index (Phi) is 6.37. The molecule has 1 saturated carbocycles. The molecule has 1 fully saturated rings. The maximum Gasteiger partial charge on any atom is 0.419 e. The van der Waals surface area contributed by atoms with Crippen LogP contribution in [0.4, 0.5) is 28.9 Å². The number of carbonyl (C=O) groups excluding carboxylic acids is 1. The number of carboxylic acids is 1. The number of carbonyl (C=O) groups is 2. The summed E-state index contributed by atoms with van der Waals surface area (Å²) < 4.78 is 54.1. The molecule has 0 unspecified atom stereocenters. The molecule has 0 spiro atoms. The lowest BCUT2D eigenvalue weighted by Crippen LogP contribution is -2.60. The van der Waals surface area contributed by atoms with E-state index in [1.165, 1.54) is 24.1 Å². The molecule has 0 radical (unpaired) electrons. The Morgan fingerprint density at radius 3 is 2.45 bits per heavy atom. The molecule has 0 atom stereocenters. The number of aromatic nitrogens is 1. The summed E-state index contributed by atoms with van der Waals surface area (Å²) in [5.74, 6) is -2.53. The zero-order chi connectivity index (χ0) is 24.6. The number of aromatic carboxylic acids is 1. The van der Waals surface area contributed by atoms with Crippen LogP contribution in [0.3, 0.4) is 0 Å². The highest BCUT2D eigenvalue weighted by molar-refractivity contribution is 7.80. The minimum atomic E-state index is -4.85. The Morgan fingerprint density at radius 2 is 1.97 bits per heavy atom. The Hall–Kier alpha value is -3.59. The second-order valence-corrected chi connectivity index (χ2v) is 7.79. The van der Waals surface area contributed by atoms with Crippen molar-refractivity contribution in [2.45, 2.75) is 31.0 Å². The molecule has 1 aliphatic carbocycles. The van der Waals surface area contributed by atoms with Crippen LogP contribution in [-0.2, 0) is 11.0 Å². The number of alkyl halides is 3. The summed E-state index contributed by atoms with van der Waals surface area (Å²) in [4.78, 5) is 29.5. The number of thiocarbonyl (C=S) groups is 1. The smallest absolute Gasteiger partial charge is 0.419 e. The van der Waals surface area contributed by atoms with Gasteiger partial charge in [0, 0.05) is 12.7 Å². The summed E-state index contributed by atoms with van der Waals surface area (Å²) in [7, 11) is 1.34. The molecule has 1 aromatic carbocycles. The summed E-state index contributed by atoms with van der Waals surface area (Å²) >= 11 is 5.49. The van der Waals surface area contributed by atoms with Gasteiger partial charge in [-0.2, -0.15) is 18.4 Å². The fourth-order valence-electron chi connectivity index (χ4n) is 3.51. The third kappa shape index (κ3) is 4.36. The zero-order valence-corrected chi connectivity index (χ0v) is 17.9. The van der Waals surface area contributed by atoms with Crippen LogP contribution in [0, 0.1) is 17.1 Å². The Morgan fingerprint density at radius 1 is 1.30 bits per heavy atom. The van der Waals surface area contributed by atoms with E-state index >= 15 is 0 Å². The van der Waals surface area contributed by atoms with Gasteiger partial charge in [0.1, 0.15) is 23.7 Å². The molecular formula is C21H16F4N4O3S. The molecular weight excluding hydrogens is 464 g/mol. The lowest BCUT2D eigenvalue weighted by molar-refractivity contribution is -0.138. The highest BCUT2D eigenvalue weighted by atomic mass is 32.1. The Labute approximate surface area is 190 Å². The topological polar surface area (TPSA) is 97.5 Å². The number of hydrogen-bond donors (Lipinski definition) is 1. The predicted molar refractivity (Wildman–Crippen MR) is 113 cm³/mol. The standard InChI is InChI=1S/C21H16F4N4O3S/c1-28(13-8-15(21(23,24)25)17(9-26)27-10-13)19(33)29(20(11-30)5-2-6-20)12-3-4-16(22)14(7-12)18(31)32/h3-4,7-8,10-11H,2,5-6H2,1H3,(H,31,32). The first-order valence-electron chi connectivity index (χ1n) is 9.49. The second kappa shape index (κ2) is 8.74. The summed E-state index contributed by atoms with van der Waals surface area (Å²) in [5.41, 5.74) is -3.91. The van der Waals surface area contributed by atoms with Crippen LogP contribution in [-0.4, -0.2) is 40.0 Å². The lowest BCUT2D eigenvalue weighted by atomic mass is 9.76. The average Bonchev–Trinajstić information content (AvgIpc) is 2.74. The summed E-state index contributed by atoms with van der Waals surface area (Å²) in [6.07, 6.45) is -1.82. The van der Waals surface area contributed by atoms with Crippen LogP contribution < -0.4 is 9.80 Å². The van der Waals surface area contributed by atoms with Gasteiger partial charge in [0.25, 0.3) is 0 Å². The summed E-state index contributed by atoms with van der Waals surface area (Å²) in [6, 6.07) is 5.26. The van der Waals surface area contributed by atoms with Gasteiger partial charge in [-0.1, -0.05) is 0 Å². The molecule has 12 heteroatoms. The number of rotatable bonds is 5. The molecule has 1 N–H and O–H groups in total. The van der Waals surface area contributed by atoms with Gasteiger partial charge in [-0.05, 0) is 55.7 Å². The van der Waals surface area contributed by atoms with Crippen LogP contribution in [0.25, 0.3) is 0 Å². The third-order valence-electron chi connectivity index (χ3n) is 5.47. The molecule has 1 heterocycles. The quantitative estimate of drug-likeness (QED) is 0.387. The van der Waals surface area contributed by atoms with E-state index in [1.807, 2.05) is 0 Å². The van der Waals surface area contributed by atoms with Gasteiger partial charge in [-0.3, -0.25) is 0 Å². The number of nitrogens with zero attached hydrogens (tertiary/aromatic N) is 4. The van der Waals surface area contributed by atoms with Crippen molar-refractivity contribution in [3.63, 3.8) is 0 Å². The second-order valence-electron chi connectivity index (χ2n) is 7.42. The van der Waals surface area contributed by atoms with Crippen molar-refractivity contribution >= 4 is 41.0 Å². The minimum absolute atomic E-state index is 0.0927. The highest BCUT2D eigenvalue weighted by Gasteiger charge is 2.46. The van der Waals surface area contributed by atoms with Crippen molar-refractivity contribution in [1.82, 2.24) is 4.98 Å². The minimum Gasteiger partial charge on any atom is -0.478 e. The van der Waals surface area contributed by atoms with Gasteiger partial charge >= 0.3 is 12.1 Å². The first kappa shape index (κ1) is 24.1. The molecule has 0 aliphatic heterocycles. The van der Waals surface area contributed by atoms with Crippen molar-refractivity contribution in [2.75, 3.05) is 16.8 Å². The molecule has 1 aromatic heterocycles. The molecule has 33 heavy (non-hydrogen) atoms. The van der Waals surface area contributed by atoms with E-state index in [4.69, 9.17) is 17.5 Å². The summed E-state index contributed by atoms with van der Waals surface area (Å²) in [6.45, 7) is 0. The van der Waals surface area contributed by atoms with Crippen molar-refractivity contribution in [3.05, 3.63) is 53.1 Å². The zero-order valence-electron chi connectivity index (χ0n) is 17.1. The first-order chi connectivity index (χ1) is 15.4. The van der Waals surface area contributed by atoms with Gasteiger partial charge in [-0.25, -0.2) is 14.2 Å². The van der Waals surface area contributed by atoms with Crippen LogP contribution in [0.15, 0.2) is 30.5 Å². The molecule has 2 aromatic rings. The van der Waals surface area contributed by atoms with E-state index < -0.39 is 40.3 Å². The molecule has 1 aliphatic rings. The van der Waals surface area contributed by atoms with Crippen LogP contribution in [0.2, 0.25) is 0 Å². The number of nitriles is 1. The number of halogens is 4. The normalized spacial score (nSPS) is 14.5. The number of pyridine rings is 1. The largest absolute Gasteiger partial charge is 0.478 e. The predicted octanol–water partition coefficient (Wildman–Crippen LogP) is 4.16. The molecule has 3 rings (SSSR count). The van der Waals surface area contributed by atoms with Crippen molar-refractivity contribution < 1.29 is 32.3 Å². The maximum atomic E-state index is 14.0. The van der Waals surface area contributed by atoms with Crippen molar-refractivity contribution in [2.24, 2.45) is 0 Å². The van der Waals surface area contributed by atoms with E-state index in [1.54, 1.807) is 0 Å². The molecule has 7 nitrogen and oxygen atoms in total. The van der Waals surface area contributed by atoms with E-state index in [0.29, 0.717) is 31.6 Å². The average molecular weight is 480 g/mol. The fraction of sp³-hybridized carbons (Fsp3) is 0.286. The first-order valence-corrected chi connectivity index (χ1v) is 9.90. The van der Waals surface area contributed by atoms with Crippen LogP contribution in [0.1, 0.15) is 40.9 Å². The van der Waals surface area contributed by atoms with Gasteiger partial charge in [0.2, 0.25) is 0 Å². The van der Waals surface area contributed by atoms with Gasteiger partial charge in [0.05, 0.1) is 23.0 Å².